The van der Waals surface area contributed by atoms with Crippen molar-refractivity contribution in [3.05, 3.63) is 52.4 Å². The highest BCUT2D eigenvalue weighted by molar-refractivity contribution is 6.32. The first-order valence-corrected chi connectivity index (χ1v) is 7.16. The molecule has 6 nitrogen and oxygen atoms in total. The van der Waals surface area contributed by atoms with Crippen molar-refractivity contribution in [1.29, 1.82) is 0 Å². The number of carbonyl (C=O) groups is 1. The molecule has 1 aliphatic rings. The van der Waals surface area contributed by atoms with Crippen molar-refractivity contribution in [1.82, 2.24) is 20.4 Å². The quantitative estimate of drug-likeness (QED) is 0.848. The van der Waals surface area contributed by atoms with Crippen LogP contribution in [0.15, 0.2) is 29.3 Å². The molecule has 1 amide bonds. The molecule has 6 heteroatoms. The number of aromatic nitrogens is 3. The van der Waals surface area contributed by atoms with Gasteiger partial charge in [0, 0.05) is 23.8 Å². The lowest BCUT2D eigenvalue weighted by molar-refractivity contribution is -0.116. The SMILES string of the molecule is CCc1c(C)[nH]c(/C=C2/C(=O)NN=C2c2cnccn2)c1C. The molecule has 0 fully saturated rings. The van der Waals surface area contributed by atoms with Crippen LogP contribution in [0.25, 0.3) is 6.08 Å². The van der Waals surface area contributed by atoms with Crippen molar-refractivity contribution in [2.24, 2.45) is 5.10 Å². The van der Waals surface area contributed by atoms with E-state index in [1.54, 1.807) is 18.6 Å². The van der Waals surface area contributed by atoms with Gasteiger partial charge in [-0.3, -0.25) is 14.8 Å². The van der Waals surface area contributed by atoms with Gasteiger partial charge >= 0.3 is 0 Å². The number of aromatic amines is 1. The van der Waals surface area contributed by atoms with Crippen molar-refractivity contribution in [3.63, 3.8) is 0 Å². The molecule has 0 aliphatic carbocycles. The summed E-state index contributed by atoms with van der Waals surface area (Å²) in [7, 11) is 0. The summed E-state index contributed by atoms with van der Waals surface area (Å²) >= 11 is 0. The third-order valence-electron chi connectivity index (χ3n) is 3.85. The number of carbonyl (C=O) groups excluding carboxylic acids is 1. The molecule has 1 aliphatic heterocycles. The number of hydrogen-bond donors (Lipinski definition) is 2. The van der Waals surface area contributed by atoms with E-state index in [4.69, 9.17) is 0 Å². The monoisotopic (exact) mass is 295 g/mol. The zero-order valence-electron chi connectivity index (χ0n) is 12.8. The number of nitrogens with one attached hydrogen (secondary N) is 2. The second-order valence-corrected chi connectivity index (χ2v) is 5.17. The summed E-state index contributed by atoms with van der Waals surface area (Å²) in [5.74, 6) is -0.231. The molecular formula is C16H17N5O. The van der Waals surface area contributed by atoms with E-state index in [2.05, 4.69) is 39.3 Å². The van der Waals surface area contributed by atoms with Crippen LogP contribution in [0.4, 0.5) is 0 Å². The third-order valence-corrected chi connectivity index (χ3v) is 3.85. The molecule has 0 saturated heterocycles. The van der Waals surface area contributed by atoms with E-state index in [-0.39, 0.29) is 5.91 Å². The van der Waals surface area contributed by atoms with Crippen LogP contribution in [-0.2, 0) is 11.2 Å². The lowest BCUT2D eigenvalue weighted by Gasteiger charge is -2.01. The number of aryl methyl sites for hydroxylation is 1. The highest BCUT2D eigenvalue weighted by Gasteiger charge is 2.25. The van der Waals surface area contributed by atoms with E-state index < -0.39 is 0 Å². The van der Waals surface area contributed by atoms with Crippen LogP contribution >= 0.6 is 0 Å². The van der Waals surface area contributed by atoms with Gasteiger partial charge in [0.2, 0.25) is 0 Å². The number of nitrogens with zero attached hydrogens (tertiary/aromatic N) is 3. The minimum Gasteiger partial charge on any atom is -0.359 e. The van der Waals surface area contributed by atoms with Crippen LogP contribution < -0.4 is 5.43 Å². The van der Waals surface area contributed by atoms with Crippen molar-refractivity contribution in [2.75, 3.05) is 0 Å². The maximum atomic E-state index is 12.1. The molecule has 2 N–H and O–H groups in total. The fourth-order valence-corrected chi connectivity index (χ4v) is 2.72. The Labute approximate surface area is 128 Å². The van der Waals surface area contributed by atoms with Crippen LogP contribution in [0.2, 0.25) is 0 Å². The first-order valence-electron chi connectivity index (χ1n) is 7.16. The molecule has 3 rings (SSSR count). The van der Waals surface area contributed by atoms with E-state index in [0.717, 1.165) is 23.4 Å². The molecule has 2 aromatic rings. The first-order chi connectivity index (χ1) is 10.6. The van der Waals surface area contributed by atoms with Crippen molar-refractivity contribution in [2.45, 2.75) is 27.2 Å². The minimum atomic E-state index is -0.231. The second kappa shape index (κ2) is 5.55. The van der Waals surface area contributed by atoms with E-state index in [0.29, 0.717) is 17.0 Å². The number of H-pyrrole nitrogens is 1. The normalized spacial score (nSPS) is 16.0. The van der Waals surface area contributed by atoms with Crippen LogP contribution in [0.5, 0.6) is 0 Å². The summed E-state index contributed by atoms with van der Waals surface area (Å²) in [4.78, 5) is 23.7. The number of hydrogen-bond acceptors (Lipinski definition) is 4. The van der Waals surface area contributed by atoms with Gasteiger partial charge in [-0.25, -0.2) is 5.43 Å². The largest absolute Gasteiger partial charge is 0.359 e. The molecule has 3 heterocycles. The van der Waals surface area contributed by atoms with Gasteiger partial charge < -0.3 is 4.98 Å². The second-order valence-electron chi connectivity index (χ2n) is 5.17. The molecule has 0 spiro atoms. The van der Waals surface area contributed by atoms with Gasteiger partial charge in [0.25, 0.3) is 5.91 Å². The van der Waals surface area contributed by atoms with Gasteiger partial charge in [-0.05, 0) is 37.5 Å². The average molecular weight is 295 g/mol. The smallest absolute Gasteiger partial charge is 0.273 e. The molecule has 0 bridgehead atoms. The lowest BCUT2D eigenvalue weighted by atomic mass is 10.0. The zero-order chi connectivity index (χ0) is 15.7. The van der Waals surface area contributed by atoms with Crippen LogP contribution in [-0.4, -0.2) is 26.6 Å². The van der Waals surface area contributed by atoms with Crippen molar-refractivity contribution >= 4 is 17.7 Å². The third kappa shape index (κ3) is 2.32. The molecule has 0 unspecified atom stereocenters. The fourth-order valence-electron chi connectivity index (χ4n) is 2.72. The Hall–Kier alpha value is -2.76. The molecule has 0 aromatic carbocycles. The predicted octanol–water partition coefficient (Wildman–Crippen LogP) is 1.90. The van der Waals surface area contributed by atoms with Crippen molar-refractivity contribution < 1.29 is 4.79 Å². The highest BCUT2D eigenvalue weighted by Crippen LogP contribution is 2.22. The maximum absolute atomic E-state index is 12.1. The van der Waals surface area contributed by atoms with Gasteiger partial charge in [-0.2, -0.15) is 5.10 Å². The van der Waals surface area contributed by atoms with E-state index in [1.807, 2.05) is 13.0 Å². The van der Waals surface area contributed by atoms with Crippen molar-refractivity contribution in [3.8, 4) is 0 Å². The Morgan fingerprint density at radius 3 is 2.73 bits per heavy atom. The number of hydrazone groups is 1. The predicted molar refractivity (Wildman–Crippen MR) is 84.3 cm³/mol. The average Bonchev–Trinajstić information content (AvgIpc) is 3.01. The molecule has 2 aromatic heterocycles. The van der Waals surface area contributed by atoms with Gasteiger partial charge in [0.1, 0.15) is 11.4 Å². The summed E-state index contributed by atoms with van der Waals surface area (Å²) in [6.07, 6.45) is 7.55. The molecular weight excluding hydrogens is 278 g/mol. The summed E-state index contributed by atoms with van der Waals surface area (Å²) < 4.78 is 0. The van der Waals surface area contributed by atoms with Crippen LogP contribution in [0, 0.1) is 13.8 Å². The number of amides is 1. The summed E-state index contributed by atoms with van der Waals surface area (Å²) in [6.45, 7) is 6.22. The van der Waals surface area contributed by atoms with E-state index in [1.165, 1.54) is 5.56 Å². The highest BCUT2D eigenvalue weighted by atomic mass is 16.2. The summed E-state index contributed by atoms with van der Waals surface area (Å²) in [5.41, 5.74) is 8.57. The Balaban J connectivity index is 2.06. The fraction of sp³-hybridized carbons (Fsp3) is 0.250. The van der Waals surface area contributed by atoms with Gasteiger partial charge in [0.05, 0.1) is 11.8 Å². The molecule has 0 atom stereocenters. The topological polar surface area (TPSA) is 83.0 Å². The Morgan fingerprint density at radius 2 is 2.09 bits per heavy atom. The first kappa shape index (κ1) is 14.2. The van der Waals surface area contributed by atoms with Gasteiger partial charge in [0.15, 0.2) is 0 Å². The Kier molecular flexibility index (Phi) is 3.58. The Morgan fingerprint density at radius 1 is 1.27 bits per heavy atom. The van der Waals surface area contributed by atoms with Crippen LogP contribution in [0.1, 0.15) is 35.1 Å². The van der Waals surface area contributed by atoms with Crippen LogP contribution in [0.3, 0.4) is 0 Å². The Bertz CT molecular complexity index is 786. The van der Waals surface area contributed by atoms with E-state index >= 15 is 0 Å². The van der Waals surface area contributed by atoms with Gasteiger partial charge in [-0.15, -0.1) is 0 Å². The maximum Gasteiger partial charge on any atom is 0.273 e. The summed E-state index contributed by atoms with van der Waals surface area (Å²) in [6, 6.07) is 0. The molecule has 0 saturated carbocycles. The van der Waals surface area contributed by atoms with E-state index in [9.17, 15) is 4.79 Å². The van der Waals surface area contributed by atoms with Gasteiger partial charge in [-0.1, -0.05) is 6.92 Å². The zero-order valence-corrected chi connectivity index (χ0v) is 12.8. The summed E-state index contributed by atoms with van der Waals surface area (Å²) in [5, 5.41) is 4.08. The molecule has 0 radical (unpaired) electrons. The molecule has 112 valence electrons. The lowest BCUT2D eigenvalue weighted by Crippen LogP contribution is -2.14. The standard InChI is InChI=1S/C16H17N5O/c1-4-11-9(2)13(19-10(11)3)7-12-15(20-21-16(12)22)14-8-17-5-6-18-14/h5-8,19H,4H2,1-3H3,(H,21,22)/b12-7+. The number of rotatable bonds is 3. The molecule has 22 heavy (non-hydrogen) atoms. The minimum absolute atomic E-state index is 0.231.